The Morgan fingerprint density at radius 2 is 1.88 bits per heavy atom. The maximum atomic E-state index is 15.0. The van der Waals surface area contributed by atoms with E-state index >= 15 is 4.39 Å². The van der Waals surface area contributed by atoms with E-state index in [1.807, 2.05) is 13.0 Å². The van der Waals surface area contributed by atoms with Gasteiger partial charge in [-0.3, -0.25) is 0 Å². The second-order valence-corrected chi connectivity index (χ2v) is 8.30. The van der Waals surface area contributed by atoms with E-state index in [-0.39, 0.29) is 5.82 Å². The number of rotatable bonds is 6. The number of hydrogen-bond acceptors (Lipinski definition) is 1. The summed E-state index contributed by atoms with van der Waals surface area (Å²) < 4.78 is 20.8. The Morgan fingerprint density at radius 3 is 2.50 bits per heavy atom. The molecule has 1 saturated carbocycles. The van der Waals surface area contributed by atoms with Gasteiger partial charge in [-0.15, -0.1) is 0 Å². The van der Waals surface area contributed by atoms with Crippen molar-refractivity contribution in [3.05, 3.63) is 40.2 Å². The van der Waals surface area contributed by atoms with Gasteiger partial charge in [0.1, 0.15) is 5.82 Å². The third-order valence-electron chi connectivity index (χ3n) is 6.19. The minimum absolute atomic E-state index is 0.212. The van der Waals surface area contributed by atoms with Crippen molar-refractivity contribution in [1.29, 1.82) is 0 Å². The van der Waals surface area contributed by atoms with E-state index in [2.05, 4.69) is 19.1 Å². The van der Waals surface area contributed by atoms with Crippen LogP contribution >= 0.6 is 11.6 Å². The molecule has 1 unspecified atom stereocenters. The molecule has 0 aromatic heterocycles. The molecule has 2 aliphatic rings. The van der Waals surface area contributed by atoms with Crippen molar-refractivity contribution in [1.82, 2.24) is 0 Å². The fourth-order valence-electron chi connectivity index (χ4n) is 4.71. The van der Waals surface area contributed by atoms with Crippen LogP contribution in [0.15, 0.2) is 18.2 Å². The van der Waals surface area contributed by atoms with E-state index in [1.54, 1.807) is 0 Å². The Hall–Kier alpha value is -0.860. The fraction of sp³-hybridized carbons (Fsp3) is 0.652. The Bertz CT molecular complexity index is 631. The highest BCUT2D eigenvalue weighted by Gasteiger charge is 2.26. The summed E-state index contributed by atoms with van der Waals surface area (Å²) in [6.07, 6.45) is 12.5. The zero-order valence-corrected chi connectivity index (χ0v) is 17.0. The molecule has 2 aliphatic carbocycles. The monoisotopic (exact) mass is 378 g/mol. The summed E-state index contributed by atoms with van der Waals surface area (Å²) in [4.78, 5) is 0. The van der Waals surface area contributed by atoms with Crippen LogP contribution in [0.5, 0.6) is 0 Å². The molecule has 0 saturated heterocycles. The molecule has 1 nitrogen and oxygen atoms in total. The number of allylic oxidation sites excluding steroid dienone is 2. The second kappa shape index (κ2) is 9.37. The molecule has 0 bridgehead atoms. The van der Waals surface area contributed by atoms with Crippen molar-refractivity contribution in [3.8, 4) is 0 Å². The van der Waals surface area contributed by atoms with Crippen molar-refractivity contribution >= 4 is 17.2 Å². The van der Waals surface area contributed by atoms with Crippen molar-refractivity contribution in [2.24, 2.45) is 5.92 Å². The summed E-state index contributed by atoms with van der Waals surface area (Å²) >= 11 is 6.49. The first-order chi connectivity index (χ1) is 12.6. The quantitative estimate of drug-likeness (QED) is 0.497. The van der Waals surface area contributed by atoms with E-state index in [9.17, 15) is 0 Å². The molecule has 0 radical (unpaired) electrons. The predicted octanol–water partition coefficient (Wildman–Crippen LogP) is 7.53. The first-order valence-electron chi connectivity index (χ1n) is 10.4. The molecule has 3 rings (SSSR count). The topological polar surface area (TPSA) is 9.23 Å². The number of ether oxygens (including phenoxy) is 1. The molecule has 0 heterocycles. The lowest BCUT2D eigenvalue weighted by Crippen LogP contribution is -2.21. The van der Waals surface area contributed by atoms with Gasteiger partial charge in [0.25, 0.3) is 0 Å². The summed E-state index contributed by atoms with van der Waals surface area (Å²) in [5.41, 5.74) is 2.85. The average Bonchev–Trinajstić information content (AvgIpc) is 2.66. The number of halogens is 2. The minimum Gasteiger partial charge on any atom is -0.379 e. The highest BCUT2D eigenvalue weighted by molar-refractivity contribution is 6.31. The van der Waals surface area contributed by atoms with E-state index in [1.165, 1.54) is 19.3 Å². The Labute approximate surface area is 163 Å². The minimum atomic E-state index is -0.212. The van der Waals surface area contributed by atoms with Gasteiger partial charge in [-0.25, -0.2) is 4.39 Å². The van der Waals surface area contributed by atoms with Gasteiger partial charge < -0.3 is 4.74 Å². The van der Waals surface area contributed by atoms with Crippen LogP contribution in [-0.2, 0) is 4.74 Å². The number of benzene rings is 1. The third kappa shape index (κ3) is 4.51. The zero-order valence-electron chi connectivity index (χ0n) is 16.2. The smallest absolute Gasteiger partial charge is 0.149 e. The van der Waals surface area contributed by atoms with Gasteiger partial charge in [0.15, 0.2) is 0 Å². The van der Waals surface area contributed by atoms with Gasteiger partial charge in [-0.2, -0.15) is 0 Å². The first kappa shape index (κ1) is 19.9. The van der Waals surface area contributed by atoms with Gasteiger partial charge in [-0.1, -0.05) is 49.6 Å². The Balaban J connectivity index is 1.71. The van der Waals surface area contributed by atoms with Crippen LogP contribution in [0.2, 0.25) is 5.02 Å². The molecular weight excluding hydrogens is 347 g/mol. The summed E-state index contributed by atoms with van der Waals surface area (Å²) in [5.74, 6) is 0.912. The van der Waals surface area contributed by atoms with Crippen LogP contribution in [0.25, 0.3) is 5.57 Å². The van der Waals surface area contributed by atoms with E-state index < -0.39 is 0 Å². The SMILES string of the molecule is CCCC1CC=C(c2ccc(C3CCC(OCC)CC3)c(Cl)c2F)CC1. The highest BCUT2D eigenvalue weighted by Crippen LogP contribution is 2.41. The molecule has 0 amide bonds. The van der Waals surface area contributed by atoms with Gasteiger partial charge in [0.05, 0.1) is 11.1 Å². The molecular formula is C23H32ClFO. The molecule has 3 heteroatoms. The molecule has 1 atom stereocenters. The number of hydrogen-bond donors (Lipinski definition) is 0. The summed E-state index contributed by atoms with van der Waals surface area (Å²) in [6.45, 7) is 5.05. The second-order valence-electron chi connectivity index (χ2n) is 7.92. The lowest BCUT2D eigenvalue weighted by Gasteiger charge is -2.29. The van der Waals surface area contributed by atoms with E-state index in [4.69, 9.17) is 16.3 Å². The van der Waals surface area contributed by atoms with Crippen molar-refractivity contribution in [3.63, 3.8) is 0 Å². The van der Waals surface area contributed by atoms with Gasteiger partial charge in [-0.05, 0) is 74.8 Å². The summed E-state index contributed by atoms with van der Waals surface area (Å²) in [5, 5.41) is 0.346. The van der Waals surface area contributed by atoms with Crippen LogP contribution in [0, 0.1) is 11.7 Å². The van der Waals surface area contributed by atoms with Gasteiger partial charge >= 0.3 is 0 Å². The van der Waals surface area contributed by atoms with Gasteiger partial charge in [0, 0.05) is 12.2 Å². The van der Waals surface area contributed by atoms with Crippen molar-refractivity contribution in [2.45, 2.75) is 83.7 Å². The van der Waals surface area contributed by atoms with Crippen LogP contribution in [0.3, 0.4) is 0 Å². The van der Waals surface area contributed by atoms with Crippen molar-refractivity contribution < 1.29 is 9.13 Å². The molecule has 0 spiro atoms. The largest absolute Gasteiger partial charge is 0.379 e. The molecule has 1 fully saturated rings. The molecule has 144 valence electrons. The Kier molecular flexibility index (Phi) is 7.17. The first-order valence-corrected chi connectivity index (χ1v) is 10.8. The van der Waals surface area contributed by atoms with Crippen LogP contribution < -0.4 is 0 Å². The van der Waals surface area contributed by atoms with E-state index in [0.29, 0.717) is 17.0 Å². The maximum absolute atomic E-state index is 15.0. The predicted molar refractivity (Wildman–Crippen MR) is 108 cm³/mol. The Morgan fingerprint density at radius 1 is 1.12 bits per heavy atom. The van der Waals surface area contributed by atoms with Crippen LogP contribution in [0.1, 0.15) is 88.7 Å². The van der Waals surface area contributed by atoms with Crippen LogP contribution in [0.4, 0.5) is 4.39 Å². The molecule has 0 N–H and O–H groups in total. The molecule has 1 aromatic rings. The van der Waals surface area contributed by atoms with Gasteiger partial charge in [0.2, 0.25) is 0 Å². The molecule has 1 aromatic carbocycles. The molecule has 0 aliphatic heterocycles. The normalized spacial score (nSPS) is 26.6. The fourth-order valence-corrected chi connectivity index (χ4v) is 5.03. The highest BCUT2D eigenvalue weighted by atomic mass is 35.5. The van der Waals surface area contributed by atoms with E-state index in [0.717, 1.165) is 67.7 Å². The lowest BCUT2D eigenvalue weighted by molar-refractivity contribution is 0.0328. The lowest BCUT2D eigenvalue weighted by atomic mass is 9.81. The maximum Gasteiger partial charge on any atom is 0.149 e. The van der Waals surface area contributed by atoms with Crippen LogP contribution in [-0.4, -0.2) is 12.7 Å². The molecule has 26 heavy (non-hydrogen) atoms. The summed E-state index contributed by atoms with van der Waals surface area (Å²) in [6, 6.07) is 4.04. The standard InChI is InChI=1S/C23H32ClFO/c1-3-5-16-6-8-18(9-7-16)21-15-14-20(22(24)23(21)25)17-10-12-19(13-11-17)26-4-2/h8,14-17,19H,3-7,9-13H2,1-2H3. The zero-order chi connectivity index (χ0) is 18.5. The van der Waals surface area contributed by atoms with Crippen molar-refractivity contribution in [2.75, 3.05) is 6.61 Å². The summed E-state index contributed by atoms with van der Waals surface area (Å²) in [7, 11) is 0. The average molecular weight is 379 g/mol. The third-order valence-corrected chi connectivity index (χ3v) is 6.58.